The summed E-state index contributed by atoms with van der Waals surface area (Å²) < 4.78 is 10.4. The van der Waals surface area contributed by atoms with Crippen LogP contribution in [0.4, 0.5) is 5.69 Å². The van der Waals surface area contributed by atoms with Crippen molar-refractivity contribution in [3.8, 4) is 17.3 Å². The molecule has 1 amide bonds. The van der Waals surface area contributed by atoms with Gasteiger partial charge < -0.3 is 14.6 Å². The van der Waals surface area contributed by atoms with E-state index in [1.165, 1.54) is 0 Å². The van der Waals surface area contributed by atoms with Gasteiger partial charge >= 0.3 is 0 Å². The van der Waals surface area contributed by atoms with Crippen molar-refractivity contribution in [3.05, 3.63) is 48.7 Å². The molecule has 0 aliphatic carbocycles. The summed E-state index contributed by atoms with van der Waals surface area (Å²) in [5.74, 6) is 1.79. The molecule has 4 rings (SSSR count). The Morgan fingerprint density at radius 2 is 2.11 bits per heavy atom. The Balaban J connectivity index is 1.27. The molecule has 3 aromatic rings. The molecule has 1 saturated heterocycles. The maximum absolute atomic E-state index is 12.2. The number of rotatable bonds is 6. The predicted octanol–water partition coefficient (Wildman–Crippen LogP) is 1.57. The van der Waals surface area contributed by atoms with Gasteiger partial charge in [-0.15, -0.1) is 0 Å². The fraction of sp³-hybridized carbons (Fsp3) is 0.278. The molecule has 0 atom stereocenters. The van der Waals surface area contributed by atoms with Crippen molar-refractivity contribution < 1.29 is 14.1 Å². The highest BCUT2D eigenvalue weighted by Crippen LogP contribution is 2.27. The zero-order valence-electron chi connectivity index (χ0n) is 14.7. The number of amides is 1. The predicted molar refractivity (Wildman–Crippen MR) is 96.1 cm³/mol. The van der Waals surface area contributed by atoms with E-state index in [4.69, 9.17) is 9.26 Å². The third-order valence-electron chi connectivity index (χ3n) is 4.28. The molecule has 0 radical (unpaired) electrons. The number of ether oxygens (including phenoxy) is 1. The summed E-state index contributed by atoms with van der Waals surface area (Å²) in [4.78, 5) is 26.7. The number of hydrogen-bond acceptors (Lipinski definition) is 8. The van der Waals surface area contributed by atoms with Gasteiger partial charge in [-0.05, 0) is 24.3 Å². The van der Waals surface area contributed by atoms with Crippen LogP contribution in [0.2, 0.25) is 0 Å². The number of hydrogen-bond donors (Lipinski definition) is 1. The second-order valence-electron chi connectivity index (χ2n) is 6.21. The first kappa shape index (κ1) is 17.1. The van der Waals surface area contributed by atoms with Gasteiger partial charge in [0.1, 0.15) is 11.4 Å². The molecule has 2 aromatic heterocycles. The normalized spacial score (nSPS) is 14.6. The number of nitrogens with zero attached hydrogens (tertiary/aromatic N) is 5. The van der Waals surface area contributed by atoms with E-state index < -0.39 is 0 Å². The Labute approximate surface area is 155 Å². The van der Waals surface area contributed by atoms with Gasteiger partial charge in [0.15, 0.2) is 0 Å². The number of benzene rings is 1. The van der Waals surface area contributed by atoms with Gasteiger partial charge in [0, 0.05) is 31.2 Å². The van der Waals surface area contributed by atoms with Crippen molar-refractivity contribution in [1.29, 1.82) is 0 Å². The zero-order valence-corrected chi connectivity index (χ0v) is 14.7. The van der Waals surface area contributed by atoms with Gasteiger partial charge in [-0.1, -0.05) is 5.16 Å². The Morgan fingerprint density at radius 1 is 1.30 bits per heavy atom. The monoisotopic (exact) mass is 366 g/mol. The van der Waals surface area contributed by atoms with Crippen LogP contribution in [-0.2, 0) is 4.79 Å². The minimum Gasteiger partial charge on any atom is -0.497 e. The SMILES string of the molecule is COc1ccc(NC(=O)CN2CC(c3nc(-c4cnccn4)no3)C2)cc1. The maximum atomic E-state index is 12.2. The molecule has 0 bridgehead atoms. The smallest absolute Gasteiger partial charge is 0.238 e. The summed E-state index contributed by atoms with van der Waals surface area (Å²) in [6.07, 6.45) is 4.76. The summed E-state index contributed by atoms with van der Waals surface area (Å²) in [5, 5.41) is 6.82. The molecule has 3 heterocycles. The van der Waals surface area contributed by atoms with Gasteiger partial charge in [-0.3, -0.25) is 14.7 Å². The van der Waals surface area contributed by atoms with Crippen molar-refractivity contribution in [2.75, 3.05) is 32.1 Å². The zero-order chi connectivity index (χ0) is 18.6. The molecule has 138 valence electrons. The van der Waals surface area contributed by atoms with Crippen LogP contribution in [0.1, 0.15) is 11.8 Å². The van der Waals surface area contributed by atoms with E-state index in [1.807, 2.05) is 17.0 Å². The minimum absolute atomic E-state index is 0.0654. The summed E-state index contributed by atoms with van der Waals surface area (Å²) in [7, 11) is 1.60. The number of aromatic nitrogens is 4. The molecule has 0 spiro atoms. The molecule has 27 heavy (non-hydrogen) atoms. The fourth-order valence-electron chi connectivity index (χ4n) is 2.85. The Kier molecular flexibility index (Phi) is 4.75. The van der Waals surface area contributed by atoms with Gasteiger partial charge in [-0.25, -0.2) is 4.98 Å². The standard InChI is InChI=1S/C18H18N6O3/c1-26-14-4-2-13(3-5-14)21-16(25)11-24-9-12(10-24)18-22-17(23-27-18)15-8-19-6-7-20-15/h2-8,12H,9-11H2,1H3,(H,21,25). The van der Waals surface area contributed by atoms with Crippen LogP contribution in [0, 0.1) is 0 Å². The minimum atomic E-state index is -0.0654. The van der Waals surface area contributed by atoms with Crippen LogP contribution < -0.4 is 10.1 Å². The molecule has 9 heteroatoms. The van der Waals surface area contributed by atoms with Crippen LogP contribution in [0.3, 0.4) is 0 Å². The summed E-state index contributed by atoms with van der Waals surface area (Å²) in [6, 6.07) is 7.23. The van der Waals surface area contributed by atoms with Crippen LogP contribution in [0.15, 0.2) is 47.4 Å². The van der Waals surface area contributed by atoms with Crippen molar-refractivity contribution in [3.63, 3.8) is 0 Å². The fourth-order valence-corrected chi connectivity index (χ4v) is 2.85. The molecule has 1 aromatic carbocycles. The molecule has 1 aliphatic heterocycles. The average molecular weight is 366 g/mol. The van der Waals surface area contributed by atoms with Crippen LogP contribution in [0.25, 0.3) is 11.5 Å². The van der Waals surface area contributed by atoms with Gasteiger partial charge in [0.2, 0.25) is 17.6 Å². The topological polar surface area (TPSA) is 106 Å². The van der Waals surface area contributed by atoms with E-state index >= 15 is 0 Å². The van der Waals surface area contributed by atoms with E-state index in [1.54, 1.807) is 37.8 Å². The van der Waals surface area contributed by atoms with E-state index in [0.29, 0.717) is 37.0 Å². The second-order valence-corrected chi connectivity index (χ2v) is 6.21. The molecule has 9 nitrogen and oxygen atoms in total. The number of anilines is 1. The molecular weight excluding hydrogens is 348 g/mol. The largest absolute Gasteiger partial charge is 0.497 e. The third kappa shape index (κ3) is 3.93. The van der Waals surface area contributed by atoms with Gasteiger partial charge in [-0.2, -0.15) is 4.98 Å². The quantitative estimate of drug-likeness (QED) is 0.701. The highest BCUT2D eigenvalue weighted by molar-refractivity contribution is 5.92. The number of carbonyl (C=O) groups excluding carboxylic acids is 1. The molecular formula is C18H18N6O3. The van der Waals surface area contributed by atoms with E-state index in [0.717, 1.165) is 11.4 Å². The Morgan fingerprint density at radius 3 is 2.81 bits per heavy atom. The lowest BCUT2D eigenvalue weighted by molar-refractivity contribution is -0.118. The van der Waals surface area contributed by atoms with Gasteiger partial charge in [0.25, 0.3) is 0 Å². The first-order chi connectivity index (χ1) is 13.2. The lowest BCUT2D eigenvalue weighted by Crippen LogP contribution is -2.48. The number of methoxy groups -OCH3 is 1. The summed E-state index contributed by atoms with van der Waals surface area (Å²) in [6.45, 7) is 1.70. The van der Waals surface area contributed by atoms with Crippen molar-refractivity contribution in [1.82, 2.24) is 25.0 Å². The van der Waals surface area contributed by atoms with Gasteiger partial charge in [0.05, 0.1) is 25.8 Å². The lowest BCUT2D eigenvalue weighted by atomic mass is 10.0. The van der Waals surface area contributed by atoms with E-state index in [2.05, 4.69) is 25.4 Å². The van der Waals surface area contributed by atoms with Crippen molar-refractivity contribution >= 4 is 11.6 Å². The second kappa shape index (κ2) is 7.50. The molecule has 1 N–H and O–H groups in total. The molecule has 0 saturated carbocycles. The van der Waals surface area contributed by atoms with E-state index in [9.17, 15) is 4.79 Å². The van der Waals surface area contributed by atoms with Crippen molar-refractivity contribution in [2.24, 2.45) is 0 Å². The summed E-state index contributed by atoms with van der Waals surface area (Å²) >= 11 is 0. The summed E-state index contributed by atoms with van der Waals surface area (Å²) in [5.41, 5.74) is 1.31. The average Bonchev–Trinajstić information content (AvgIpc) is 3.15. The number of nitrogens with one attached hydrogen (secondary N) is 1. The van der Waals surface area contributed by atoms with E-state index in [-0.39, 0.29) is 11.8 Å². The molecule has 0 unspecified atom stereocenters. The van der Waals surface area contributed by atoms with Crippen LogP contribution in [-0.4, -0.2) is 57.7 Å². The highest BCUT2D eigenvalue weighted by Gasteiger charge is 2.33. The Hall–Kier alpha value is -3.33. The first-order valence-electron chi connectivity index (χ1n) is 8.47. The maximum Gasteiger partial charge on any atom is 0.238 e. The lowest BCUT2D eigenvalue weighted by Gasteiger charge is -2.36. The van der Waals surface area contributed by atoms with Crippen LogP contribution in [0.5, 0.6) is 5.75 Å². The highest BCUT2D eigenvalue weighted by atomic mass is 16.5. The molecule has 1 aliphatic rings. The third-order valence-corrected chi connectivity index (χ3v) is 4.28. The molecule has 1 fully saturated rings. The Bertz CT molecular complexity index is 906. The number of carbonyl (C=O) groups is 1. The number of likely N-dealkylation sites (tertiary alicyclic amines) is 1. The van der Waals surface area contributed by atoms with Crippen molar-refractivity contribution in [2.45, 2.75) is 5.92 Å². The van der Waals surface area contributed by atoms with Crippen LogP contribution >= 0.6 is 0 Å². The first-order valence-corrected chi connectivity index (χ1v) is 8.47.